The lowest BCUT2D eigenvalue weighted by molar-refractivity contribution is -0.138. The monoisotopic (exact) mass is 899 g/mol. The molecule has 3 fully saturated rings. The van der Waals surface area contributed by atoms with Crippen molar-refractivity contribution in [2.45, 2.75) is 83.1 Å². The highest BCUT2D eigenvalue weighted by atomic mass is 19.4. The number of hydrogen-bond donors (Lipinski definition) is 4. The average Bonchev–Trinajstić information content (AvgIpc) is 4.00. The van der Waals surface area contributed by atoms with Gasteiger partial charge in [-0.25, -0.2) is 9.97 Å². The van der Waals surface area contributed by atoms with Crippen LogP contribution in [0.3, 0.4) is 0 Å². The average molecular weight is 900 g/mol. The number of ether oxygens (including phenoxy) is 2. The lowest BCUT2D eigenvalue weighted by atomic mass is 9.92. The standard InChI is InChI=1S/C46H52F3N9O7/c1-25(27-18-28(46(47,48)49)20-29(50)19-27)52-41-32-21-37(36(64-4)22-33(32)53-26(2)54-41)65-24-45(12-13-45)23-30(8-10-38(59)51-3)56-14-16-57(17-15-56)34-7-5-6-31-40(34)44(63)58(43(31)62)35-9-11-39(60)55-42(35)61/h5-7,18-22,25,30,35H,8-17,23-24,50H2,1-4H3,(H,51,59)(H,52,53,54)(H,55,60,61)/t25-,30?,35?/m1/s1. The molecular formula is C46H52F3N9O7. The van der Waals surface area contributed by atoms with Gasteiger partial charge in [-0.05, 0) is 87.9 Å². The number of methoxy groups -OCH3 is 1. The van der Waals surface area contributed by atoms with Crippen LogP contribution in [-0.2, 0) is 20.6 Å². The molecule has 2 saturated heterocycles. The minimum Gasteiger partial charge on any atom is -0.493 e. The van der Waals surface area contributed by atoms with Gasteiger partial charge >= 0.3 is 6.18 Å². The van der Waals surface area contributed by atoms with Crippen LogP contribution >= 0.6 is 0 Å². The molecule has 2 unspecified atom stereocenters. The number of rotatable bonds is 15. The van der Waals surface area contributed by atoms with Crippen LogP contribution < -0.4 is 36.1 Å². The number of carbonyl (C=O) groups is 5. The second kappa shape index (κ2) is 17.8. The summed E-state index contributed by atoms with van der Waals surface area (Å²) in [4.78, 5) is 79.1. The fraction of sp³-hybridized carbons (Fsp3) is 0.457. The van der Waals surface area contributed by atoms with Gasteiger partial charge in [0, 0.05) is 74.7 Å². The van der Waals surface area contributed by atoms with E-state index < -0.39 is 47.5 Å². The summed E-state index contributed by atoms with van der Waals surface area (Å²) < 4.78 is 53.3. The van der Waals surface area contributed by atoms with E-state index in [4.69, 9.17) is 15.2 Å². The van der Waals surface area contributed by atoms with E-state index in [0.29, 0.717) is 90.9 Å². The maximum atomic E-state index is 13.9. The largest absolute Gasteiger partial charge is 0.493 e. The topological polar surface area (TPSA) is 201 Å². The van der Waals surface area contributed by atoms with Crippen LogP contribution in [0.15, 0.2) is 48.5 Å². The highest BCUT2D eigenvalue weighted by Crippen LogP contribution is 2.52. The van der Waals surface area contributed by atoms with Gasteiger partial charge in [-0.3, -0.25) is 39.1 Å². The Balaban J connectivity index is 0.972. The maximum Gasteiger partial charge on any atom is 0.416 e. The predicted molar refractivity (Wildman–Crippen MR) is 234 cm³/mol. The molecule has 16 nitrogen and oxygen atoms in total. The molecule has 1 aromatic heterocycles. The summed E-state index contributed by atoms with van der Waals surface area (Å²) >= 11 is 0. The molecule has 1 saturated carbocycles. The quantitative estimate of drug-likeness (QED) is 0.0876. The summed E-state index contributed by atoms with van der Waals surface area (Å²) in [5.41, 5.74) is 6.82. The van der Waals surface area contributed by atoms with Gasteiger partial charge in [0.2, 0.25) is 17.7 Å². The number of imide groups is 2. The number of hydrogen-bond acceptors (Lipinski definition) is 13. The van der Waals surface area contributed by atoms with Crippen molar-refractivity contribution in [1.82, 2.24) is 30.4 Å². The Labute approximate surface area is 373 Å². The number of benzene rings is 3. The molecule has 65 heavy (non-hydrogen) atoms. The second-order valence-electron chi connectivity index (χ2n) is 17.4. The molecule has 1 aliphatic carbocycles. The fourth-order valence-electron chi connectivity index (χ4n) is 9.25. The second-order valence-corrected chi connectivity index (χ2v) is 17.4. The first kappa shape index (κ1) is 45.1. The zero-order chi connectivity index (χ0) is 46.4. The number of amides is 5. The number of nitrogens with two attached hydrogens (primary N) is 1. The Kier molecular flexibility index (Phi) is 12.4. The van der Waals surface area contributed by atoms with Gasteiger partial charge in [0.15, 0.2) is 11.5 Å². The summed E-state index contributed by atoms with van der Waals surface area (Å²) in [7, 11) is 3.15. The zero-order valence-corrected chi connectivity index (χ0v) is 36.6. The van der Waals surface area contributed by atoms with Crippen molar-refractivity contribution < 1.29 is 46.6 Å². The first-order valence-electron chi connectivity index (χ1n) is 21.7. The Bertz CT molecular complexity index is 2560. The third kappa shape index (κ3) is 9.37. The first-order valence-corrected chi connectivity index (χ1v) is 21.7. The molecule has 4 aliphatic rings. The number of fused-ring (bicyclic) bond motifs is 2. The highest BCUT2D eigenvalue weighted by molar-refractivity contribution is 6.25. The SMILES string of the molecule is CNC(=O)CCC(CC1(COc2cc3c(N[C@H](C)c4cc(N)cc(C(F)(F)F)c4)nc(C)nc3cc2OC)CC1)N1CCN(c2cccc3c2C(=O)N(C2CCC(=O)NC2=O)C3=O)CC1. The third-order valence-electron chi connectivity index (χ3n) is 13.0. The van der Waals surface area contributed by atoms with Gasteiger partial charge < -0.3 is 30.7 Å². The van der Waals surface area contributed by atoms with Gasteiger partial charge in [0.05, 0.1) is 47.7 Å². The summed E-state index contributed by atoms with van der Waals surface area (Å²) in [5, 5.41) is 8.83. The summed E-state index contributed by atoms with van der Waals surface area (Å²) in [6, 6.07) is 10.5. The zero-order valence-electron chi connectivity index (χ0n) is 36.6. The number of nitrogens with zero attached hydrogens (tertiary/aromatic N) is 5. The molecule has 344 valence electrons. The summed E-state index contributed by atoms with van der Waals surface area (Å²) in [6.45, 7) is 6.14. The Hall–Kier alpha value is -6.50. The molecule has 4 aromatic rings. The van der Waals surface area contributed by atoms with Crippen LogP contribution in [0.5, 0.6) is 11.5 Å². The fourth-order valence-corrected chi connectivity index (χ4v) is 9.25. The predicted octanol–water partition coefficient (Wildman–Crippen LogP) is 5.39. The lowest BCUT2D eigenvalue weighted by Crippen LogP contribution is -2.54. The molecular weight excluding hydrogens is 848 g/mol. The number of nitrogen functional groups attached to an aromatic ring is 1. The maximum absolute atomic E-state index is 13.9. The van der Waals surface area contributed by atoms with E-state index in [-0.39, 0.29) is 47.0 Å². The van der Waals surface area contributed by atoms with Crippen molar-refractivity contribution in [3.05, 3.63) is 76.6 Å². The Morgan fingerprint density at radius 3 is 2.45 bits per heavy atom. The molecule has 5 N–H and O–H groups in total. The number of halogens is 3. The molecule has 5 amide bonds. The van der Waals surface area contributed by atoms with Gasteiger partial charge in [-0.1, -0.05) is 6.07 Å². The van der Waals surface area contributed by atoms with E-state index in [0.717, 1.165) is 36.3 Å². The summed E-state index contributed by atoms with van der Waals surface area (Å²) in [5.74, 6) is -0.509. The molecule has 4 heterocycles. The lowest BCUT2D eigenvalue weighted by Gasteiger charge is -2.41. The van der Waals surface area contributed by atoms with Crippen molar-refractivity contribution in [3.63, 3.8) is 0 Å². The van der Waals surface area contributed by atoms with Gasteiger partial charge in [-0.15, -0.1) is 0 Å². The Morgan fingerprint density at radius 2 is 1.77 bits per heavy atom. The highest BCUT2D eigenvalue weighted by Gasteiger charge is 2.48. The number of alkyl halides is 3. The molecule has 0 bridgehead atoms. The molecule has 0 radical (unpaired) electrons. The molecule has 0 spiro atoms. The minimum absolute atomic E-state index is 0.00662. The molecule has 3 aromatic carbocycles. The van der Waals surface area contributed by atoms with Gasteiger partial charge in [0.25, 0.3) is 11.8 Å². The number of aromatic nitrogens is 2. The normalized spacial score (nSPS) is 19.5. The van der Waals surface area contributed by atoms with Crippen molar-refractivity contribution in [2.24, 2.45) is 5.41 Å². The Morgan fingerprint density at radius 1 is 1.02 bits per heavy atom. The van der Waals surface area contributed by atoms with E-state index in [2.05, 4.69) is 35.7 Å². The number of nitrogens with one attached hydrogen (secondary N) is 3. The number of aryl methyl sites for hydroxylation is 1. The van der Waals surface area contributed by atoms with Crippen molar-refractivity contribution in [3.8, 4) is 11.5 Å². The molecule has 8 rings (SSSR count). The van der Waals surface area contributed by atoms with E-state index in [1.54, 1.807) is 45.2 Å². The minimum atomic E-state index is -4.56. The first-order chi connectivity index (χ1) is 31.0. The van der Waals surface area contributed by atoms with E-state index >= 15 is 0 Å². The van der Waals surface area contributed by atoms with Crippen LogP contribution in [-0.4, -0.2) is 108 Å². The summed E-state index contributed by atoms with van der Waals surface area (Å²) in [6.07, 6.45) is -0.961. The smallest absolute Gasteiger partial charge is 0.416 e. The number of piperazine rings is 1. The third-order valence-corrected chi connectivity index (χ3v) is 13.0. The van der Waals surface area contributed by atoms with Crippen LogP contribution in [0.1, 0.15) is 95.6 Å². The molecule has 3 aliphatic heterocycles. The van der Waals surface area contributed by atoms with E-state index in [1.165, 1.54) is 13.2 Å². The van der Waals surface area contributed by atoms with Crippen molar-refractivity contribution >= 4 is 57.6 Å². The van der Waals surface area contributed by atoms with Gasteiger partial charge in [-0.2, -0.15) is 13.2 Å². The van der Waals surface area contributed by atoms with Crippen LogP contribution in [0.2, 0.25) is 0 Å². The number of anilines is 3. The van der Waals surface area contributed by atoms with Gasteiger partial charge in [0.1, 0.15) is 17.7 Å². The van der Waals surface area contributed by atoms with Crippen molar-refractivity contribution in [1.29, 1.82) is 0 Å². The van der Waals surface area contributed by atoms with Crippen LogP contribution in [0.25, 0.3) is 10.9 Å². The van der Waals surface area contributed by atoms with Crippen LogP contribution in [0.4, 0.5) is 30.4 Å². The number of piperidine rings is 1. The number of carbonyl (C=O) groups excluding carboxylic acids is 5. The molecule has 19 heteroatoms. The van der Waals surface area contributed by atoms with E-state index in [9.17, 15) is 37.1 Å². The van der Waals surface area contributed by atoms with Crippen molar-refractivity contribution in [2.75, 3.05) is 62.9 Å². The van der Waals surface area contributed by atoms with E-state index in [1.807, 2.05) is 6.07 Å². The van der Waals surface area contributed by atoms with Crippen LogP contribution in [0, 0.1) is 12.3 Å². The molecule has 3 atom stereocenters.